The minimum absolute atomic E-state index is 0.193. The Morgan fingerprint density at radius 3 is 2.71 bits per heavy atom. The van der Waals surface area contributed by atoms with Gasteiger partial charge in [0.25, 0.3) is 0 Å². The van der Waals surface area contributed by atoms with Gasteiger partial charge < -0.3 is 0 Å². The van der Waals surface area contributed by atoms with Crippen LogP contribution in [0.2, 0.25) is 0 Å². The van der Waals surface area contributed by atoms with Crippen molar-refractivity contribution in [3.8, 4) is 0 Å². The van der Waals surface area contributed by atoms with Crippen molar-refractivity contribution in [2.45, 2.75) is 32.7 Å². The van der Waals surface area contributed by atoms with Crippen LogP contribution < -0.4 is 0 Å². The van der Waals surface area contributed by atoms with Crippen LogP contribution in [0, 0.1) is 0 Å². The number of rotatable bonds is 6. The van der Waals surface area contributed by atoms with Crippen LogP contribution in [0.4, 0.5) is 5.69 Å². The van der Waals surface area contributed by atoms with Crippen molar-refractivity contribution in [2.75, 3.05) is 0 Å². The molecular weight excluding hydrogens is 216 g/mol. The van der Waals surface area contributed by atoms with E-state index in [0.717, 1.165) is 30.4 Å². The van der Waals surface area contributed by atoms with Gasteiger partial charge in [-0.1, -0.05) is 25.5 Å². The maximum Gasteiger partial charge on any atom is 0.240 e. The van der Waals surface area contributed by atoms with Gasteiger partial charge in [-0.05, 0) is 24.5 Å². The number of aliphatic imine (C=N–C) groups is 2. The summed E-state index contributed by atoms with van der Waals surface area (Å²) in [5, 5.41) is 0. The highest BCUT2D eigenvalue weighted by Gasteiger charge is 2.03. The van der Waals surface area contributed by atoms with Crippen LogP contribution in [0.3, 0.4) is 0 Å². The molecule has 0 aliphatic rings. The predicted molar refractivity (Wildman–Crippen MR) is 64.7 cm³/mol. The summed E-state index contributed by atoms with van der Waals surface area (Å²) in [6.07, 6.45) is 6.15. The van der Waals surface area contributed by atoms with Crippen molar-refractivity contribution in [1.82, 2.24) is 0 Å². The van der Waals surface area contributed by atoms with Gasteiger partial charge in [0, 0.05) is 5.56 Å². The summed E-state index contributed by atoms with van der Waals surface area (Å²) in [5.41, 5.74) is 2.39. The fourth-order valence-electron chi connectivity index (χ4n) is 1.55. The Kier molecular flexibility index (Phi) is 5.59. The van der Waals surface area contributed by atoms with Gasteiger partial charge in [0.1, 0.15) is 0 Å². The maximum absolute atomic E-state index is 10.3. The minimum atomic E-state index is 0.193. The van der Waals surface area contributed by atoms with E-state index in [9.17, 15) is 9.59 Å². The van der Waals surface area contributed by atoms with Crippen LogP contribution in [-0.4, -0.2) is 12.2 Å². The third kappa shape index (κ3) is 4.15. The Morgan fingerprint density at radius 1 is 1.24 bits per heavy atom. The number of carbonyl (C=O) groups excluding carboxylic acids is 2. The molecule has 1 aromatic rings. The standard InChI is InChI=1S/C13H14N2O2/c1-2-3-4-11-5-6-12(8-14-9-16)13(7-11)15-10-17/h5-7H,2-4,8H2,1H3. The molecule has 0 unspecified atom stereocenters. The van der Waals surface area contributed by atoms with Crippen molar-refractivity contribution in [1.29, 1.82) is 0 Å². The van der Waals surface area contributed by atoms with Crippen LogP contribution in [0.15, 0.2) is 28.2 Å². The zero-order valence-electron chi connectivity index (χ0n) is 9.77. The van der Waals surface area contributed by atoms with Crippen LogP contribution in [0.25, 0.3) is 0 Å². The molecular formula is C13H14N2O2. The van der Waals surface area contributed by atoms with Gasteiger partial charge in [-0.3, -0.25) is 0 Å². The van der Waals surface area contributed by atoms with Gasteiger partial charge in [-0.2, -0.15) is 4.99 Å². The Morgan fingerprint density at radius 2 is 2.06 bits per heavy atom. The molecule has 0 heterocycles. The number of isocyanates is 2. The first-order chi connectivity index (χ1) is 8.31. The van der Waals surface area contributed by atoms with E-state index in [1.54, 1.807) is 0 Å². The molecule has 0 radical (unpaired) electrons. The number of hydrogen-bond acceptors (Lipinski definition) is 4. The lowest BCUT2D eigenvalue weighted by Gasteiger charge is -2.04. The van der Waals surface area contributed by atoms with Crippen molar-refractivity contribution < 1.29 is 9.59 Å². The number of benzene rings is 1. The Bertz CT molecular complexity index is 470. The number of aryl methyl sites for hydroxylation is 1. The summed E-state index contributed by atoms with van der Waals surface area (Å²) in [6.45, 7) is 2.32. The lowest BCUT2D eigenvalue weighted by molar-refractivity contribution is 0.563. The predicted octanol–water partition coefficient (Wildman–Crippen LogP) is 2.83. The average Bonchev–Trinajstić information content (AvgIpc) is 2.35. The van der Waals surface area contributed by atoms with Crippen LogP contribution in [0.5, 0.6) is 0 Å². The van der Waals surface area contributed by atoms with E-state index < -0.39 is 0 Å². The van der Waals surface area contributed by atoms with E-state index in [2.05, 4.69) is 16.9 Å². The third-order valence-corrected chi connectivity index (χ3v) is 2.45. The van der Waals surface area contributed by atoms with Crippen LogP contribution in [0.1, 0.15) is 30.9 Å². The summed E-state index contributed by atoms with van der Waals surface area (Å²) in [4.78, 5) is 27.5. The summed E-state index contributed by atoms with van der Waals surface area (Å²) in [6, 6.07) is 5.65. The molecule has 0 bridgehead atoms. The first-order valence-corrected chi connectivity index (χ1v) is 5.55. The van der Waals surface area contributed by atoms with E-state index in [0.29, 0.717) is 5.69 Å². The lowest BCUT2D eigenvalue weighted by atomic mass is 10.0. The normalized spacial score (nSPS) is 9.24. The smallest absolute Gasteiger partial charge is 0.211 e. The molecule has 1 aromatic carbocycles. The maximum atomic E-state index is 10.3. The average molecular weight is 230 g/mol. The van der Waals surface area contributed by atoms with Crippen LogP contribution >= 0.6 is 0 Å². The van der Waals surface area contributed by atoms with Gasteiger partial charge in [-0.15, -0.1) is 0 Å². The van der Waals surface area contributed by atoms with Crippen molar-refractivity contribution >= 4 is 17.8 Å². The zero-order valence-corrected chi connectivity index (χ0v) is 9.77. The summed E-state index contributed by atoms with van der Waals surface area (Å²) in [7, 11) is 0. The monoisotopic (exact) mass is 230 g/mol. The highest BCUT2D eigenvalue weighted by molar-refractivity contribution is 5.55. The summed E-state index contributed by atoms with van der Waals surface area (Å²) >= 11 is 0. The molecule has 17 heavy (non-hydrogen) atoms. The molecule has 4 nitrogen and oxygen atoms in total. The quantitative estimate of drug-likeness (QED) is 0.557. The fraction of sp³-hybridized carbons (Fsp3) is 0.385. The topological polar surface area (TPSA) is 58.9 Å². The highest BCUT2D eigenvalue weighted by Crippen LogP contribution is 2.22. The molecule has 0 atom stereocenters. The first kappa shape index (κ1) is 13.0. The van der Waals surface area contributed by atoms with Gasteiger partial charge in [0.15, 0.2) is 0 Å². The molecule has 88 valence electrons. The molecule has 1 rings (SSSR count). The molecule has 0 fully saturated rings. The zero-order chi connectivity index (χ0) is 12.5. The molecule has 0 aliphatic carbocycles. The van der Waals surface area contributed by atoms with E-state index >= 15 is 0 Å². The molecule has 4 heteroatoms. The second-order valence-corrected chi connectivity index (χ2v) is 3.68. The van der Waals surface area contributed by atoms with E-state index in [-0.39, 0.29) is 6.54 Å². The lowest BCUT2D eigenvalue weighted by Crippen LogP contribution is -1.88. The Balaban J connectivity index is 2.98. The van der Waals surface area contributed by atoms with Crippen molar-refractivity contribution in [2.24, 2.45) is 9.98 Å². The van der Waals surface area contributed by atoms with E-state index in [4.69, 9.17) is 0 Å². The number of nitrogens with zero attached hydrogens (tertiary/aromatic N) is 2. The molecule has 0 spiro atoms. The van der Waals surface area contributed by atoms with Crippen molar-refractivity contribution in [3.63, 3.8) is 0 Å². The molecule has 0 amide bonds. The van der Waals surface area contributed by atoms with Gasteiger partial charge in [0.05, 0.1) is 12.2 Å². The molecule has 0 aliphatic heterocycles. The largest absolute Gasteiger partial charge is 0.240 e. The molecule has 0 N–H and O–H groups in total. The molecule has 0 saturated carbocycles. The fourth-order valence-corrected chi connectivity index (χ4v) is 1.55. The second-order valence-electron chi connectivity index (χ2n) is 3.68. The van der Waals surface area contributed by atoms with Gasteiger partial charge in [-0.25, -0.2) is 14.6 Å². The number of hydrogen-bond donors (Lipinski definition) is 0. The first-order valence-electron chi connectivity index (χ1n) is 5.55. The summed E-state index contributed by atoms with van der Waals surface area (Å²) < 4.78 is 0. The third-order valence-electron chi connectivity index (χ3n) is 2.45. The van der Waals surface area contributed by atoms with Crippen LogP contribution in [-0.2, 0) is 22.6 Å². The Labute approximate surface area is 100 Å². The molecule has 0 aromatic heterocycles. The minimum Gasteiger partial charge on any atom is -0.211 e. The second kappa shape index (κ2) is 7.29. The van der Waals surface area contributed by atoms with Crippen molar-refractivity contribution in [3.05, 3.63) is 29.3 Å². The summed E-state index contributed by atoms with van der Waals surface area (Å²) in [5.74, 6) is 0. The van der Waals surface area contributed by atoms with E-state index in [1.165, 1.54) is 12.2 Å². The Hall–Kier alpha value is -2.02. The van der Waals surface area contributed by atoms with E-state index in [1.807, 2.05) is 18.2 Å². The number of unbranched alkanes of at least 4 members (excludes halogenated alkanes) is 1. The molecule has 0 saturated heterocycles. The SMILES string of the molecule is CCCCc1ccc(CN=C=O)c(N=C=O)c1. The van der Waals surface area contributed by atoms with Gasteiger partial charge in [0.2, 0.25) is 12.2 Å². The highest BCUT2D eigenvalue weighted by atomic mass is 16.1. The van der Waals surface area contributed by atoms with Gasteiger partial charge >= 0.3 is 0 Å².